The van der Waals surface area contributed by atoms with Crippen molar-refractivity contribution in [1.29, 1.82) is 0 Å². The van der Waals surface area contributed by atoms with Crippen molar-refractivity contribution in [2.75, 3.05) is 5.32 Å². The molecule has 0 fully saturated rings. The standard InChI is InChI=1S/C20H16N2O5/c1-11(23)21-13-6-4-5-12(9-13)15(19(24)25)10-16-14-7-2-3-8-17(14)22-18(16)20(26)27/h2-10,22H,1H3,(H,21,23)(H,24,25)(H,26,27). The van der Waals surface area contributed by atoms with E-state index in [0.29, 0.717) is 22.2 Å². The van der Waals surface area contributed by atoms with Gasteiger partial charge in [0, 0.05) is 29.1 Å². The monoisotopic (exact) mass is 364 g/mol. The molecule has 0 bridgehead atoms. The normalized spacial score (nSPS) is 11.4. The Balaban J connectivity index is 2.20. The first-order valence-electron chi connectivity index (χ1n) is 8.04. The lowest BCUT2D eigenvalue weighted by Gasteiger charge is -2.07. The van der Waals surface area contributed by atoms with Gasteiger partial charge in [-0.1, -0.05) is 30.3 Å². The molecule has 7 nitrogen and oxygen atoms in total. The number of benzene rings is 2. The predicted molar refractivity (Wildman–Crippen MR) is 102 cm³/mol. The van der Waals surface area contributed by atoms with Gasteiger partial charge in [0.2, 0.25) is 5.91 Å². The van der Waals surface area contributed by atoms with Crippen molar-refractivity contribution in [3.05, 3.63) is 65.4 Å². The molecule has 0 aliphatic rings. The minimum Gasteiger partial charge on any atom is -0.478 e. The number of para-hydroxylation sites is 1. The maximum absolute atomic E-state index is 11.9. The third-order valence-corrected chi connectivity index (χ3v) is 3.97. The van der Waals surface area contributed by atoms with Crippen LogP contribution in [0, 0.1) is 0 Å². The SMILES string of the molecule is CC(=O)Nc1cccc(C(=Cc2c(C(=O)O)[nH]c3ccccc23)C(=O)O)c1. The topological polar surface area (TPSA) is 119 Å². The number of carboxylic acids is 2. The number of aromatic amines is 1. The fourth-order valence-electron chi connectivity index (χ4n) is 2.86. The highest BCUT2D eigenvalue weighted by molar-refractivity contribution is 6.22. The summed E-state index contributed by atoms with van der Waals surface area (Å²) in [5.41, 5.74) is 1.49. The molecule has 0 aliphatic heterocycles. The van der Waals surface area contributed by atoms with Gasteiger partial charge in [-0.05, 0) is 29.8 Å². The number of carbonyl (C=O) groups is 3. The van der Waals surface area contributed by atoms with E-state index in [4.69, 9.17) is 0 Å². The molecule has 0 saturated carbocycles. The summed E-state index contributed by atoms with van der Waals surface area (Å²) in [5, 5.41) is 22.4. The summed E-state index contributed by atoms with van der Waals surface area (Å²) in [6.45, 7) is 1.35. The van der Waals surface area contributed by atoms with Gasteiger partial charge in [0.1, 0.15) is 5.69 Å². The van der Waals surface area contributed by atoms with Gasteiger partial charge in [0.25, 0.3) is 0 Å². The van der Waals surface area contributed by atoms with Crippen LogP contribution in [0.15, 0.2) is 48.5 Å². The number of aliphatic carboxylic acids is 1. The molecule has 136 valence electrons. The molecule has 0 atom stereocenters. The summed E-state index contributed by atoms with van der Waals surface area (Å²) < 4.78 is 0. The highest BCUT2D eigenvalue weighted by Crippen LogP contribution is 2.28. The molecule has 3 rings (SSSR count). The molecule has 0 spiro atoms. The van der Waals surface area contributed by atoms with E-state index >= 15 is 0 Å². The molecular formula is C20H16N2O5. The van der Waals surface area contributed by atoms with Crippen LogP contribution in [0.25, 0.3) is 22.6 Å². The first-order chi connectivity index (χ1) is 12.9. The Morgan fingerprint density at radius 2 is 1.78 bits per heavy atom. The highest BCUT2D eigenvalue weighted by atomic mass is 16.4. The van der Waals surface area contributed by atoms with Crippen molar-refractivity contribution in [3.63, 3.8) is 0 Å². The van der Waals surface area contributed by atoms with Gasteiger partial charge in [-0.25, -0.2) is 9.59 Å². The van der Waals surface area contributed by atoms with Crippen molar-refractivity contribution >= 4 is 46.1 Å². The van der Waals surface area contributed by atoms with Crippen molar-refractivity contribution in [1.82, 2.24) is 4.98 Å². The average molecular weight is 364 g/mol. The number of anilines is 1. The predicted octanol–water partition coefficient (Wildman–Crippen LogP) is 3.45. The molecular weight excluding hydrogens is 348 g/mol. The van der Waals surface area contributed by atoms with Crippen LogP contribution in [0.4, 0.5) is 5.69 Å². The lowest BCUT2D eigenvalue weighted by Crippen LogP contribution is -2.07. The number of hydrogen-bond donors (Lipinski definition) is 4. The summed E-state index contributed by atoms with van der Waals surface area (Å²) >= 11 is 0. The van der Waals surface area contributed by atoms with Crippen LogP contribution in [0.5, 0.6) is 0 Å². The third-order valence-electron chi connectivity index (χ3n) is 3.97. The number of fused-ring (bicyclic) bond motifs is 1. The van der Waals surface area contributed by atoms with Gasteiger partial charge in [-0.15, -0.1) is 0 Å². The number of H-pyrrole nitrogens is 1. The summed E-state index contributed by atoms with van der Waals surface area (Å²) in [6, 6.07) is 13.3. The average Bonchev–Trinajstić information content (AvgIpc) is 2.98. The maximum Gasteiger partial charge on any atom is 0.352 e. The zero-order valence-electron chi connectivity index (χ0n) is 14.3. The third kappa shape index (κ3) is 3.72. The first kappa shape index (κ1) is 17.9. The van der Waals surface area contributed by atoms with Crippen LogP contribution >= 0.6 is 0 Å². The molecule has 4 N–H and O–H groups in total. The molecule has 7 heteroatoms. The Hall–Kier alpha value is -3.87. The molecule has 0 aliphatic carbocycles. The number of carbonyl (C=O) groups excluding carboxylic acids is 1. The lowest BCUT2D eigenvalue weighted by molar-refractivity contribution is -0.130. The zero-order valence-corrected chi connectivity index (χ0v) is 14.3. The number of rotatable bonds is 5. The van der Waals surface area contributed by atoms with Crippen LogP contribution in [-0.2, 0) is 9.59 Å². The van der Waals surface area contributed by atoms with E-state index in [-0.39, 0.29) is 22.7 Å². The Morgan fingerprint density at radius 3 is 2.44 bits per heavy atom. The Morgan fingerprint density at radius 1 is 1.04 bits per heavy atom. The molecule has 1 aromatic heterocycles. The molecule has 3 aromatic rings. The van der Waals surface area contributed by atoms with Crippen molar-refractivity contribution in [3.8, 4) is 0 Å². The summed E-state index contributed by atoms with van der Waals surface area (Å²) in [6.07, 6.45) is 1.33. The Labute approximate surface area is 154 Å². The van der Waals surface area contributed by atoms with Crippen molar-refractivity contribution in [2.24, 2.45) is 0 Å². The van der Waals surface area contributed by atoms with Crippen molar-refractivity contribution in [2.45, 2.75) is 6.92 Å². The molecule has 1 heterocycles. The van der Waals surface area contributed by atoms with Gasteiger partial charge in [-0.3, -0.25) is 4.79 Å². The van der Waals surface area contributed by atoms with Crippen LogP contribution in [0.2, 0.25) is 0 Å². The number of carboxylic acid groups (broad SMARTS) is 2. The van der Waals surface area contributed by atoms with Crippen LogP contribution in [0.1, 0.15) is 28.5 Å². The summed E-state index contributed by atoms with van der Waals surface area (Å²) in [5.74, 6) is -2.68. The molecule has 0 radical (unpaired) electrons. The molecule has 1 amide bonds. The molecule has 2 aromatic carbocycles. The number of aromatic nitrogens is 1. The van der Waals surface area contributed by atoms with Crippen LogP contribution in [0.3, 0.4) is 0 Å². The molecule has 27 heavy (non-hydrogen) atoms. The fourth-order valence-corrected chi connectivity index (χ4v) is 2.86. The maximum atomic E-state index is 11.9. The minimum atomic E-state index is -1.21. The quantitative estimate of drug-likeness (QED) is 0.517. The molecule has 0 unspecified atom stereocenters. The lowest BCUT2D eigenvalue weighted by atomic mass is 10.0. The zero-order chi connectivity index (χ0) is 19.6. The largest absolute Gasteiger partial charge is 0.478 e. The van der Waals surface area contributed by atoms with Gasteiger partial charge in [-0.2, -0.15) is 0 Å². The fraction of sp³-hybridized carbons (Fsp3) is 0.0500. The summed E-state index contributed by atoms with van der Waals surface area (Å²) in [7, 11) is 0. The van der Waals surface area contributed by atoms with Crippen LogP contribution in [-0.4, -0.2) is 33.0 Å². The smallest absolute Gasteiger partial charge is 0.352 e. The van der Waals surface area contributed by atoms with Gasteiger partial charge >= 0.3 is 11.9 Å². The van der Waals surface area contributed by atoms with E-state index in [1.54, 1.807) is 42.5 Å². The number of amides is 1. The number of hydrogen-bond acceptors (Lipinski definition) is 3. The Bertz CT molecular complexity index is 1090. The van der Waals surface area contributed by atoms with Gasteiger partial charge < -0.3 is 20.5 Å². The number of nitrogens with one attached hydrogen (secondary N) is 2. The van der Waals surface area contributed by atoms with E-state index < -0.39 is 11.9 Å². The van der Waals surface area contributed by atoms with E-state index in [2.05, 4.69) is 10.3 Å². The second kappa shape index (κ2) is 7.17. The second-order valence-corrected chi connectivity index (χ2v) is 5.89. The Kier molecular flexibility index (Phi) is 4.76. The van der Waals surface area contributed by atoms with E-state index in [0.717, 1.165) is 0 Å². The van der Waals surface area contributed by atoms with Crippen molar-refractivity contribution < 1.29 is 24.6 Å². The number of aromatic carboxylic acids is 1. The van der Waals surface area contributed by atoms with E-state index in [1.807, 2.05) is 0 Å². The summed E-state index contributed by atoms with van der Waals surface area (Å²) in [4.78, 5) is 37.5. The van der Waals surface area contributed by atoms with Gasteiger partial charge in [0.05, 0.1) is 5.57 Å². The van der Waals surface area contributed by atoms with E-state index in [9.17, 15) is 24.6 Å². The first-order valence-corrected chi connectivity index (χ1v) is 8.04. The van der Waals surface area contributed by atoms with E-state index in [1.165, 1.54) is 19.1 Å². The highest BCUT2D eigenvalue weighted by Gasteiger charge is 2.19. The van der Waals surface area contributed by atoms with Crippen LogP contribution < -0.4 is 5.32 Å². The second-order valence-electron chi connectivity index (χ2n) is 5.89. The minimum absolute atomic E-state index is 0.0885. The van der Waals surface area contributed by atoms with Gasteiger partial charge in [0.15, 0.2) is 0 Å². The molecule has 0 saturated heterocycles.